The first-order valence-corrected chi connectivity index (χ1v) is 8.87. The van der Waals surface area contributed by atoms with Gasteiger partial charge >= 0.3 is 0 Å². The first-order chi connectivity index (χ1) is 11.5. The summed E-state index contributed by atoms with van der Waals surface area (Å²) in [5.41, 5.74) is 6.57. The number of fused-ring (bicyclic) bond motifs is 5. The predicted molar refractivity (Wildman–Crippen MR) is 102 cm³/mol. The van der Waals surface area contributed by atoms with Gasteiger partial charge in [0.2, 0.25) is 0 Å². The number of hydrogen-bond acceptors (Lipinski definition) is 1. The molecule has 0 aromatic heterocycles. The fourth-order valence-electron chi connectivity index (χ4n) is 3.57. The SMILES string of the molecule is CC(C)c1ccc2c(c1)OCc1c-2ccc2cc(C(C)C)ccc12. The second-order valence-corrected chi connectivity index (χ2v) is 7.43. The van der Waals surface area contributed by atoms with E-state index in [4.69, 9.17) is 4.74 Å². The Balaban J connectivity index is 1.88. The summed E-state index contributed by atoms with van der Waals surface area (Å²) in [7, 11) is 0. The summed E-state index contributed by atoms with van der Waals surface area (Å²) in [4.78, 5) is 0. The minimum atomic E-state index is 0.520. The zero-order chi connectivity index (χ0) is 16.8. The molecule has 1 nitrogen and oxygen atoms in total. The molecule has 0 atom stereocenters. The molecule has 0 unspecified atom stereocenters. The second-order valence-electron chi connectivity index (χ2n) is 7.43. The van der Waals surface area contributed by atoms with E-state index >= 15 is 0 Å². The third kappa shape index (κ3) is 2.39. The van der Waals surface area contributed by atoms with Crippen molar-refractivity contribution < 1.29 is 4.74 Å². The minimum absolute atomic E-state index is 0.520. The zero-order valence-electron chi connectivity index (χ0n) is 14.9. The van der Waals surface area contributed by atoms with Crippen LogP contribution in [0.4, 0.5) is 0 Å². The molecule has 1 aliphatic rings. The van der Waals surface area contributed by atoms with Gasteiger partial charge in [0.25, 0.3) is 0 Å². The summed E-state index contributed by atoms with van der Waals surface area (Å²) < 4.78 is 6.13. The van der Waals surface area contributed by atoms with Crippen molar-refractivity contribution in [1.82, 2.24) is 0 Å². The fraction of sp³-hybridized carbons (Fsp3) is 0.304. The van der Waals surface area contributed by atoms with E-state index in [9.17, 15) is 0 Å². The molecule has 0 amide bonds. The molecular formula is C23H24O. The quantitative estimate of drug-likeness (QED) is 0.514. The standard InChI is InChI=1S/C23H24O/c1-14(2)16-5-8-19-18(11-16)7-9-20-21-10-6-17(15(3)4)12-23(21)24-13-22(19)20/h5-12,14-15H,13H2,1-4H3. The lowest BCUT2D eigenvalue weighted by Crippen LogP contribution is -2.07. The van der Waals surface area contributed by atoms with E-state index in [1.54, 1.807) is 0 Å². The molecule has 1 heterocycles. The third-order valence-corrected chi connectivity index (χ3v) is 5.16. The highest BCUT2D eigenvalue weighted by atomic mass is 16.5. The molecule has 0 radical (unpaired) electrons. The lowest BCUT2D eigenvalue weighted by Gasteiger charge is -2.24. The average molecular weight is 316 g/mol. The zero-order valence-corrected chi connectivity index (χ0v) is 14.9. The van der Waals surface area contributed by atoms with Crippen LogP contribution in [-0.2, 0) is 6.61 Å². The van der Waals surface area contributed by atoms with E-state index in [0.717, 1.165) is 5.75 Å². The van der Waals surface area contributed by atoms with E-state index in [1.165, 1.54) is 38.6 Å². The highest BCUT2D eigenvalue weighted by Gasteiger charge is 2.20. The molecule has 0 bridgehead atoms. The van der Waals surface area contributed by atoms with Gasteiger partial charge in [-0.2, -0.15) is 0 Å². The Hall–Kier alpha value is -2.28. The first-order valence-electron chi connectivity index (χ1n) is 8.87. The smallest absolute Gasteiger partial charge is 0.127 e. The van der Waals surface area contributed by atoms with E-state index in [-0.39, 0.29) is 0 Å². The van der Waals surface area contributed by atoms with Gasteiger partial charge in [-0.3, -0.25) is 0 Å². The maximum absolute atomic E-state index is 6.13. The van der Waals surface area contributed by atoms with Crippen molar-refractivity contribution in [3.05, 3.63) is 65.2 Å². The molecule has 1 aliphatic heterocycles. The Morgan fingerprint density at radius 3 is 2.17 bits per heavy atom. The van der Waals surface area contributed by atoms with E-state index in [1.807, 2.05) is 0 Å². The van der Waals surface area contributed by atoms with Crippen molar-refractivity contribution in [3.8, 4) is 16.9 Å². The van der Waals surface area contributed by atoms with Crippen molar-refractivity contribution in [2.24, 2.45) is 0 Å². The van der Waals surface area contributed by atoms with Crippen molar-refractivity contribution >= 4 is 10.8 Å². The molecule has 0 saturated carbocycles. The molecule has 3 aromatic carbocycles. The van der Waals surface area contributed by atoms with Crippen molar-refractivity contribution in [2.45, 2.75) is 46.1 Å². The number of hydrogen-bond donors (Lipinski definition) is 0. The molecule has 0 fully saturated rings. The molecular weight excluding hydrogens is 292 g/mol. The molecule has 3 aromatic rings. The van der Waals surface area contributed by atoms with Crippen LogP contribution in [0.15, 0.2) is 48.5 Å². The predicted octanol–water partition coefficient (Wildman–Crippen LogP) is 6.65. The summed E-state index contributed by atoms with van der Waals surface area (Å²) in [6, 6.07) is 18.0. The summed E-state index contributed by atoms with van der Waals surface area (Å²) in [5, 5.41) is 2.63. The largest absolute Gasteiger partial charge is 0.488 e. The highest BCUT2D eigenvalue weighted by molar-refractivity contribution is 5.94. The van der Waals surface area contributed by atoms with Gasteiger partial charge in [-0.1, -0.05) is 70.2 Å². The van der Waals surface area contributed by atoms with Gasteiger partial charge in [0.15, 0.2) is 0 Å². The molecule has 0 N–H and O–H groups in total. The summed E-state index contributed by atoms with van der Waals surface area (Å²) in [6.07, 6.45) is 0. The van der Waals surface area contributed by atoms with Crippen LogP contribution in [-0.4, -0.2) is 0 Å². The Bertz CT molecular complexity index is 919. The van der Waals surface area contributed by atoms with Crippen LogP contribution in [0.1, 0.15) is 56.2 Å². The topological polar surface area (TPSA) is 9.23 Å². The van der Waals surface area contributed by atoms with Gasteiger partial charge < -0.3 is 4.74 Å². The molecule has 24 heavy (non-hydrogen) atoms. The Labute approximate surface area is 144 Å². The van der Waals surface area contributed by atoms with Gasteiger partial charge in [0, 0.05) is 11.1 Å². The first kappa shape index (κ1) is 15.3. The third-order valence-electron chi connectivity index (χ3n) is 5.16. The molecule has 0 aliphatic carbocycles. The van der Waals surface area contributed by atoms with Crippen LogP contribution in [0, 0.1) is 0 Å². The Kier molecular flexibility index (Phi) is 3.60. The Morgan fingerprint density at radius 1 is 0.750 bits per heavy atom. The molecule has 4 rings (SSSR count). The summed E-state index contributed by atoms with van der Waals surface area (Å²) in [5.74, 6) is 2.09. The second kappa shape index (κ2) is 5.66. The lowest BCUT2D eigenvalue weighted by atomic mass is 9.89. The van der Waals surface area contributed by atoms with Crippen molar-refractivity contribution in [2.75, 3.05) is 0 Å². The average Bonchev–Trinajstić information content (AvgIpc) is 2.59. The number of ether oxygens (including phenoxy) is 1. The van der Waals surface area contributed by atoms with Gasteiger partial charge in [0.05, 0.1) is 0 Å². The van der Waals surface area contributed by atoms with Crippen molar-refractivity contribution in [1.29, 1.82) is 0 Å². The summed E-state index contributed by atoms with van der Waals surface area (Å²) >= 11 is 0. The number of benzene rings is 3. The maximum Gasteiger partial charge on any atom is 0.127 e. The normalized spacial score (nSPS) is 13.1. The maximum atomic E-state index is 6.13. The molecule has 122 valence electrons. The van der Waals surface area contributed by atoms with Crippen LogP contribution < -0.4 is 4.74 Å². The van der Waals surface area contributed by atoms with E-state index in [0.29, 0.717) is 18.4 Å². The van der Waals surface area contributed by atoms with Crippen LogP contribution in [0.3, 0.4) is 0 Å². The Morgan fingerprint density at radius 2 is 1.42 bits per heavy atom. The lowest BCUT2D eigenvalue weighted by molar-refractivity contribution is 0.303. The molecule has 0 saturated heterocycles. The molecule has 0 spiro atoms. The monoisotopic (exact) mass is 316 g/mol. The summed E-state index contributed by atoms with van der Waals surface area (Å²) in [6.45, 7) is 9.58. The van der Waals surface area contributed by atoms with Crippen molar-refractivity contribution in [3.63, 3.8) is 0 Å². The number of rotatable bonds is 2. The van der Waals surface area contributed by atoms with Gasteiger partial charge in [-0.15, -0.1) is 0 Å². The molecule has 1 heteroatoms. The van der Waals surface area contributed by atoms with Crippen LogP contribution in [0.5, 0.6) is 5.75 Å². The van der Waals surface area contributed by atoms with Crippen LogP contribution in [0.2, 0.25) is 0 Å². The minimum Gasteiger partial charge on any atom is -0.488 e. The van der Waals surface area contributed by atoms with Crippen LogP contribution >= 0.6 is 0 Å². The van der Waals surface area contributed by atoms with Gasteiger partial charge in [-0.25, -0.2) is 0 Å². The van der Waals surface area contributed by atoms with E-state index < -0.39 is 0 Å². The fourth-order valence-corrected chi connectivity index (χ4v) is 3.57. The van der Waals surface area contributed by atoms with E-state index in [2.05, 4.69) is 76.2 Å². The van der Waals surface area contributed by atoms with Gasteiger partial charge in [-0.05, 0) is 45.4 Å². The van der Waals surface area contributed by atoms with Gasteiger partial charge in [0.1, 0.15) is 12.4 Å². The highest BCUT2D eigenvalue weighted by Crippen LogP contribution is 2.42. The van der Waals surface area contributed by atoms with Crippen LogP contribution in [0.25, 0.3) is 21.9 Å².